The molecule has 0 aliphatic carbocycles. The first-order valence-electron chi connectivity index (χ1n) is 8.97. The topological polar surface area (TPSA) is 64.3 Å². The highest BCUT2D eigenvalue weighted by Crippen LogP contribution is 2.16. The molecular formula is C22H24F2N2O2. The van der Waals surface area contributed by atoms with Crippen LogP contribution in [0.1, 0.15) is 31.4 Å². The zero-order valence-electron chi connectivity index (χ0n) is 16.0. The van der Waals surface area contributed by atoms with Crippen molar-refractivity contribution in [2.45, 2.75) is 33.4 Å². The molecule has 0 unspecified atom stereocenters. The van der Waals surface area contributed by atoms with Crippen LogP contribution in [-0.4, -0.2) is 5.91 Å². The number of ether oxygens (including phenoxy) is 1. The number of allylic oxidation sites excluding steroid dienone is 2. The minimum atomic E-state index is -0.639. The summed E-state index contributed by atoms with van der Waals surface area (Å²) in [5.74, 6) is -0.957. The lowest BCUT2D eigenvalue weighted by molar-refractivity contribution is -0.117. The van der Waals surface area contributed by atoms with E-state index in [-0.39, 0.29) is 12.5 Å². The van der Waals surface area contributed by atoms with Gasteiger partial charge in [-0.3, -0.25) is 4.79 Å². The first kappa shape index (κ1) is 21.2. The molecular weight excluding hydrogens is 362 g/mol. The van der Waals surface area contributed by atoms with E-state index in [0.29, 0.717) is 29.1 Å². The molecule has 0 aromatic heterocycles. The first-order chi connectivity index (χ1) is 13.4. The number of halogens is 2. The molecule has 4 nitrogen and oxygen atoms in total. The molecule has 0 saturated carbocycles. The van der Waals surface area contributed by atoms with Gasteiger partial charge in [0.25, 0.3) is 5.91 Å². The van der Waals surface area contributed by atoms with E-state index in [4.69, 9.17) is 10.5 Å². The average Bonchev–Trinajstić information content (AvgIpc) is 2.65. The van der Waals surface area contributed by atoms with Crippen LogP contribution < -0.4 is 15.8 Å². The number of hydrogen-bond donors (Lipinski definition) is 2. The molecule has 2 aromatic carbocycles. The normalized spacial score (nSPS) is 12.0. The van der Waals surface area contributed by atoms with E-state index < -0.39 is 11.6 Å². The van der Waals surface area contributed by atoms with Crippen LogP contribution in [-0.2, 0) is 17.9 Å². The molecule has 0 radical (unpaired) electrons. The highest BCUT2D eigenvalue weighted by molar-refractivity contribution is 5.96. The molecule has 0 heterocycles. The fourth-order valence-electron chi connectivity index (χ4n) is 2.46. The molecule has 2 rings (SSSR count). The first-order valence-corrected chi connectivity index (χ1v) is 8.97. The number of nitrogens with two attached hydrogens (primary N) is 1. The molecule has 148 valence electrons. The summed E-state index contributed by atoms with van der Waals surface area (Å²) in [5, 5.41) is 2.83. The van der Waals surface area contributed by atoms with Crippen LogP contribution in [0.25, 0.3) is 0 Å². The second kappa shape index (κ2) is 10.3. The second-order valence-corrected chi connectivity index (χ2v) is 6.30. The van der Waals surface area contributed by atoms with Crippen molar-refractivity contribution in [3.05, 3.63) is 88.6 Å². The van der Waals surface area contributed by atoms with Gasteiger partial charge in [0.2, 0.25) is 0 Å². The molecule has 0 spiro atoms. The van der Waals surface area contributed by atoms with Gasteiger partial charge in [-0.25, -0.2) is 8.78 Å². The Bertz CT molecular complexity index is 850. The van der Waals surface area contributed by atoms with Crippen molar-refractivity contribution in [2.75, 3.05) is 0 Å². The smallest absolute Gasteiger partial charge is 0.253 e. The Hall–Kier alpha value is -3.15. The quantitative estimate of drug-likeness (QED) is 0.523. The molecule has 0 fully saturated rings. The van der Waals surface area contributed by atoms with Crippen LogP contribution >= 0.6 is 0 Å². The summed E-state index contributed by atoms with van der Waals surface area (Å²) in [4.78, 5) is 12.3. The SMILES string of the molecule is CC/C=C\C(C(=O)NCc1ccc(OCc2cc(F)cc(F)c2)cc1)=C(/C)N. The maximum atomic E-state index is 13.2. The highest BCUT2D eigenvalue weighted by Gasteiger charge is 2.08. The summed E-state index contributed by atoms with van der Waals surface area (Å²) in [7, 11) is 0. The molecule has 0 bridgehead atoms. The van der Waals surface area contributed by atoms with Gasteiger partial charge in [0, 0.05) is 18.3 Å². The van der Waals surface area contributed by atoms with Gasteiger partial charge in [-0.2, -0.15) is 0 Å². The van der Waals surface area contributed by atoms with Crippen LogP contribution in [0.3, 0.4) is 0 Å². The van der Waals surface area contributed by atoms with E-state index in [1.807, 2.05) is 25.1 Å². The minimum Gasteiger partial charge on any atom is -0.489 e. The fourth-order valence-corrected chi connectivity index (χ4v) is 2.46. The molecule has 0 aliphatic rings. The van der Waals surface area contributed by atoms with Crippen molar-refractivity contribution in [3.63, 3.8) is 0 Å². The number of rotatable bonds is 8. The maximum Gasteiger partial charge on any atom is 0.253 e. The number of amides is 1. The van der Waals surface area contributed by atoms with Crippen molar-refractivity contribution in [2.24, 2.45) is 5.73 Å². The summed E-state index contributed by atoms with van der Waals surface area (Å²) in [6.07, 6.45) is 4.41. The number of benzene rings is 2. The van der Waals surface area contributed by atoms with Gasteiger partial charge in [-0.15, -0.1) is 0 Å². The molecule has 0 aliphatic heterocycles. The predicted molar refractivity (Wildman–Crippen MR) is 105 cm³/mol. The predicted octanol–water partition coefficient (Wildman–Crippen LogP) is 4.36. The number of carbonyl (C=O) groups excluding carboxylic acids is 1. The van der Waals surface area contributed by atoms with E-state index in [2.05, 4.69) is 5.32 Å². The number of hydrogen-bond acceptors (Lipinski definition) is 3. The second-order valence-electron chi connectivity index (χ2n) is 6.30. The summed E-state index contributed by atoms with van der Waals surface area (Å²) in [5.41, 5.74) is 7.97. The minimum absolute atomic E-state index is 0.0540. The van der Waals surface area contributed by atoms with Gasteiger partial charge >= 0.3 is 0 Å². The van der Waals surface area contributed by atoms with E-state index in [1.165, 1.54) is 12.1 Å². The van der Waals surface area contributed by atoms with Crippen molar-refractivity contribution in [1.29, 1.82) is 0 Å². The lowest BCUT2D eigenvalue weighted by Gasteiger charge is -2.10. The Labute approximate surface area is 163 Å². The summed E-state index contributed by atoms with van der Waals surface area (Å²) >= 11 is 0. The third-order valence-corrected chi connectivity index (χ3v) is 3.89. The molecule has 1 amide bonds. The third kappa shape index (κ3) is 6.54. The maximum absolute atomic E-state index is 13.2. The summed E-state index contributed by atoms with van der Waals surface area (Å²) in [6, 6.07) is 10.4. The van der Waals surface area contributed by atoms with Gasteiger partial charge in [-0.1, -0.05) is 31.2 Å². The Morgan fingerprint density at radius 3 is 2.32 bits per heavy atom. The van der Waals surface area contributed by atoms with Crippen LogP contribution in [0.4, 0.5) is 8.78 Å². The van der Waals surface area contributed by atoms with Gasteiger partial charge in [0.15, 0.2) is 0 Å². The largest absolute Gasteiger partial charge is 0.489 e. The Morgan fingerprint density at radius 2 is 1.75 bits per heavy atom. The Balaban J connectivity index is 1.91. The van der Waals surface area contributed by atoms with Gasteiger partial charge < -0.3 is 15.8 Å². The van der Waals surface area contributed by atoms with Gasteiger partial charge in [0.05, 0.1) is 5.57 Å². The lowest BCUT2D eigenvalue weighted by Crippen LogP contribution is -2.25. The molecule has 28 heavy (non-hydrogen) atoms. The number of nitrogens with one attached hydrogen (secondary N) is 1. The monoisotopic (exact) mass is 386 g/mol. The van der Waals surface area contributed by atoms with E-state index >= 15 is 0 Å². The molecule has 6 heteroatoms. The summed E-state index contributed by atoms with van der Waals surface area (Å²) < 4.78 is 31.9. The molecule has 3 N–H and O–H groups in total. The Morgan fingerprint density at radius 1 is 1.11 bits per heavy atom. The molecule has 0 saturated heterocycles. The fraction of sp³-hybridized carbons (Fsp3) is 0.227. The molecule has 0 atom stereocenters. The third-order valence-electron chi connectivity index (χ3n) is 3.89. The summed E-state index contributed by atoms with van der Waals surface area (Å²) in [6.45, 7) is 4.06. The lowest BCUT2D eigenvalue weighted by atomic mass is 10.1. The Kier molecular flexibility index (Phi) is 7.75. The van der Waals surface area contributed by atoms with Crippen molar-refractivity contribution in [3.8, 4) is 5.75 Å². The standard InChI is InChI=1S/C22H24F2N2O2/c1-3-4-5-21(15(2)25)22(27)26-13-16-6-8-20(9-7-16)28-14-17-10-18(23)12-19(24)11-17/h4-12H,3,13-14,25H2,1-2H3,(H,26,27)/b5-4-,21-15-. The zero-order chi connectivity index (χ0) is 20.5. The highest BCUT2D eigenvalue weighted by atomic mass is 19.1. The van der Waals surface area contributed by atoms with E-state index in [1.54, 1.807) is 25.1 Å². The average molecular weight is 386 g/mol. The van der Waals surface area contributed by atoms with Crippen molar-refractivity contribution < 1.29 is 18.3 Å². The van der Waals surface area contributed by atoms with Crippen LogP contribution in [0.2, 0.25) is 0 Å². The van der Waals surface area contributed by atoms with Crippen molar-refractivity contribution >= 4 is 5.91 Å². The molecule has 2 aromatic rings. The van der Waals surface area contributed by atoms with Gasteiger partial charge in [-0.05, 0) is 48.7 Å². The van der Waals surface area contributed by atoms with Crippen LogP contribution in [0.15, 0.2) is 65.9 Å². The number of carbonyl (C=O) groups is 1. The van der Waals surface area contributed by atoms with Crippen molar-refractivity contribution in [1.82, 2.24) is 5.32 Å². The van der Waals surface area contributed by atoms with Gasteiger partial charge in [0.1, 0.15) is 24.0 Å². The van der Waals surface area contributed by atoms with Crippen LogP contribution in [0.5, 0.6) is 5.75 Å². The van der Waals surface area contributed by atoms with E-state index in [0.717, 1.165) is 18.1 Å². The van der Waals surface area contributed by atoms with E-state index in [9.17, 15) is 13.6 Å². The van der Waals surface area contributed by atoms with Crippen LogP contribution in [0, 0.1) is 11.6 Å². The zero-order valence-corrected chi connectivity index (χ0v) is 16.0.